The Hall–Kier alpha value is -2.48. The molecule has 27 heavy (non-hydrogen) atoms. The third-order valence-corrected chi connectivity index (χ3v) is 4.49. The number of ether oxygens (including phenoxy) is 2. The van der Waals surface area contributed by atoms with Gasteiger partial charge in [0.15, 0.2) is 0 Å². The molecule has 0 amide bonds. The van der Waals surface area contributed by atoms with E-state index in [1.165, 1.54) is 0 Å². The Balaban J connectivity index is 2.06. The van der Waals surface area contributed by atoms with E-state index in [1.807, 2.05) is 12.1 Å². The summed E-state index contributed by atoms with van der Waals surface area (Å²) in [7, 11) is 3.22. The molecule has 148 valence electrons. The summed E-state index contributed by atoms with van der Waals surface area (Å²) in [5, 5.41) is 6.69. The van der Waals surface area contributed by atoms with Gasteiger partial charge in [0.05, 0.1) is 19.8 Å². The molecule has 8 heteroatoms. The van der Waals surface area contributed by atoms with Crippen molar-refractivity contribution < 1.29 is 9.47 Å². The summed E-state index contributed by atoms with van der Waals surface area (Å²) in [6.07, 6.45) is 2.28. The van der Waals surface area contributed by atoms with Gasteiger partial charge in [-0.2, -0.15) is 0 Å². The lowest BCUT2D eigenvalue weighted by atomic mass is 10.1. The minimum absolute atomic E-state index is 0.176. The smallest absolute Gasteiger partial charge is 0.239 e. The van der Waals surface area contributed by atoms with Crippen LogP contribution in [0.2, 0.25) is 0 Å². The van der Waals surface area contributed by atoms with E-state index in [4.69, 9.17) is 25.2 Å². The van der Waals surface area contributed by atoms with Gasteiger partial charge in [-0.1, -0.05) is 0 Å². The van der Waals surface area contributed by atoms with Gasteiger partial charge in [0.25, 0.3) is 0 Å². The Morgan fingerprint density at radius 2 is 1.85 bits per heavy atom. The Bertz CT molecular complexity index is 749. The molecule has 1 unspecified atom stereocenters. The van der Waals surface area contributed by atoms with Crippen LogP contribution < -0.4 is 25.8 Å². The first-order valence-electron chi connectivity index (χ1n) is 9.25. The molecule has 0 radical (unpaired) electrons. The molecule has 1 saturated heterocycles. The summed E-state index contributed by atoms with van der Waals surface area (Å²) in [4.78, 5) is 11.7. The standard InChI is InChI=1S/C19H30N6O2/c1-18(2,3)22-16-21-17(25-10-6-7-11-25)24-19(20,23-16)14-9-8-13(26-4)12-15(14)27-5/h8-9,12H,6-7,10-11,20H2,1-5H3,(H2,21,22,23,24). The number of hydrogen-bond donors (Lipinski definition) is 3. The van der Waals surface area contributed by atoms with E-state index in [9.17, 15) is 0 Å². The highest BCUT2D eigenvalue weighted by molar-refractivity contribution is 6.00. The molecule has 2 aliphatic heterocycles. The van der Waals surface area contributed by atoms with Crippen LogP contribution in [0.25, 0.3) is 0 Å². The van der Waals surface area contributed by atoms with Crippen molar-refractivity contribution in [2.45, 2.75) is 44.9 Å². The van der Waals surface area contributed by atoms with Crippen molar-refractivity contribution in [1.82, 2.24) is 15.5 Å². The first kappa shape index (κ1) is 19.3. The molecule has 0 spiro atoms. The van der Waals surface area contributed by atoms with Gasteiger partial charge >= 0.3 is 0 Å². The molecule has 0 saturated carbocycles. The molecule has 1 fully saturated rings. The van der Waals surface area contributed by atoms with Crippen molar-refractivity contribution in [2.75, 3.05) is 27.3 Å². The molecular formula is C19H30N6O2. The number of methoxy groups -OCH3 is 2. The third kappa shape index (κ3) is 4.27. The predicted octanol–water partition coefficient (Wildman–Crippen LogP) is 1.57. The number of nitrogens with zero attached hydrogens (tertiary/aromatic N) is 3. The summed E-state index contributed by atoms with van der Waals surface area (Å²) in [5.74, 6) is 1.30. The molecule has 1 atom stereocenters. The van der Waals surface area contributed by atoms with Crippen LogP contribution in [0, 0.1) is 0 Å². The van der Waals surface area contributed by atoms with Crippen molar-refractivity contribution in [3.05, 3.63) is 23.8 Å². The lowest BCUT2D eigenvalue weighted by Crippen LogP contribution is -2.58. The van der Waals surface area contributed by atoms with Crippen LogP contribution >= 0.6 is 0 Å². The fraction of sp³-hybridized carbons (Fsp3) is 0.579. The van der Waals surface area contributed by atoms with Crippen LogP contribution in [0.4, 0.5) is 0 Å². The summed E-state index contributed by atoms with van der Waals surface area (Å²) in [5.41, 5.74) is 7.21. The van der Waals surface area contributed by atoms with E-state index in [0.717, 1.165) is 31.9 Å². The first-order chi connectivity index (χ1) is 12.7. The SMILES string of the molecule is COc1ccc(C2(N)N=C(NC(C)(C)C)NC(N3CCCC3)=N2)c(OC)c1. The van der Waals surface area contributed by atoms with Gasteiger partial charge < -0.3 is 19.7 Å². The van der Waals surface area contributed by atoms with Gasteiger partial charge in [-0.05, 0) is 45.7 Å². The number of guanidine groups is 2. The molecule has 1 aromatic rings. The zero-order valence-corrected chi connectivity index (χ0v) is 16.8. The maximum absolute atomic E-state index is 6.71. The van der Waals surface area contributed by atoms with E-state index < -0.39 is 5.79 Å². The maximum Gasteiger partial charge on any atom is 0.239 e. The second-order valence-corrected chi connectivity index (χ2v) is 7.88. The minimum atomic E-state index is -1.30. The van der Waals surface area contributed by atoms with Gasteiger partial charge in [-0.25, -0.2) is 9.98 Å². The lowest BCUT2D eigenvalue weighted by Gasteiger charge is -2.35. The fourth-order valence-corrected chi connectivity index (χ4v) is 3.23. The van der Waals surface area contributed by atoms with Gasteiger partial charge in [0.1, 0.15) is 11.5 Å². The van der Waals surface area contributed by atoms with Crippen LogP contribution in [0.3, 0.4) is 0 Å². The molecule has 2 heterocycles. The van der Waals surface area contributed by atoms with Gasteiger partial charge in [-0.15, -0.1) is 0 Å². The second kappa shape index (κ2) is 7.26. The number of nitrogens with one attached hydrogen (secondary N) is 2. The summed E-state index contributed by atoms with van der Waals surface area (Å²) in [6.45, 7) is 8.12. The first-order valence-corrected chi connectivity index (χ1v) is 9.25. The zero-order chi connectivity index (χ0) is 19.7. The molecule has 0 aliphatic carbocycles. The molecule has 2 aliphatic rings. The Morgan fingerprint density at radius 1 is 1.15 bits per heavy atom. The Kier molecular flexibility index (Phi) is 5.19. The van der Waals surface area contributed by atoms with Crippen LogP contribution in [-0.2, 0) is 5.79 Å². The monoisotopic (exact) mass is 374 g/mol. The number of hydrogen-bond acceptors (Lipinski definition) is 8. The van der Waals surface area contributed by atoms with Gasteiger partial charge in [0.2, 0.25) is 17.7 Å². The minimum Gasteiger partial charge on any atom is -0.497 e. The highest BCUT2D eigenvalue weighted by atomic mass is 16.5. The Labute approximate surface area is 160 Å². The molecule has 3 rings (SSSR count). The van der Waals surface area contributed by atoms with E-state index in [1.54, 1.807) is 20.3 Å². The number of nitrogens with two attached hydrogens (primary N) is 1. The average Bonchev–Trinajstić information content (AvgIpc) is 3.14. The van der Waals surface area contributed by atoms with Crippen molar-refractivity contribution in [3.63, 3.8) is 0 Å². The number of benzene rings is 1. The van der Waals surface area contributed by atoms with E-state index >= 15 is 0 Å². The normalized spacial score (nSPS) is 22.7. The highest BCUT2D eigenvalue weighted by Crippen LogP contribution is 2.35. The molecule has 0 aromatic heterocycles. The van der Waals surface area contributed by atoms with Crippen LogP contribution in [0.5, 0.6) is 11.5 Å². The number of rotatable bonds is 3. The van der Waals surface area contributed by atoms with Crippen molar-refractivity contribution in [1.29, 1.82) is 0 Å². The summed E-state index contributed by atoms with van der Waals surface area (Å²) in [6, 6.07) is 5.49. The average molecular weight is 374 g/mol. The topological polar surface area (TPSA) is 96.5 Å². The molecule has 8 nitrogen and oxygen atoms in total. The van der Waals surface area contributed by atoms with E-state index in [2.05, 4.69) is 36.3 Å². The number of likely N-dealkylation sites (tertiary alicyclic amines) is 1. The summed E-state index contributed by atoms with van der Waals surface area (Å²) < 4.78 is 10.8. The van der Waals surface area contributed by atoms with Crippen LogP contribution in [0.15, 0.2) is 28.2 Å². The molecule has 1 aromatic carbocycles. The van der Waals surface area contributed by atoms with Crippen LogP contribution in [-0.4, -0.2) is 49.7 Å². The lowest BCUT2D eigenvalue weighted by molar-refractivity contribution is 0.368. The Morgan fingerprint density at radius 3 is 2.44 bits per heavy atom. The molecule has 0 bridgehead atoms. The predicted molar refractivity (Wildman–Crippen MR) is 107 cm³/mol. The number of aliphatic imine (C=N–C) groups is 2. The molecular weight excluding hydrogens is 344 g/mol. The maximum atomic E-state index is 6.71. The quantitative estimate of drug-likeness (QED) is 0.743. The van der Waals surface area contributed by atoms with E-state index in [0.29, 0.717) is 23.0 Å². The van der Waals surface area contributed by atoms with Gasteiger partial charge in [0, 0.05) is 24.7 Å². The molecule has 4 N–H and O–H groups in total. The van der Waals surface area contributed by atoms with Crippen molar-refractivity contribution >= 4 is 11.9 Å². The zero-order valence-electron chi connectivity index (χ0n) is 16.8. The van der Waals surface area contributed by atoms with Crippen molar-refractivity contribution in [3.8, 4) is 11.5 Å². The third-order valence-electron chi connectivity index (χ3n) is 4.49. The van der Waals surface area contributed by atoms with Crippen molar-refractivity contribution in [2.24, 2.45) is 15.7 Å². The highest BCUT2D eigenvalue weighted by Gasteiger charge is 2.36. The largest absolute Gasteiger partial charge is 0.497 e. The fourth-order valence-electron chi connectivity index (χ4n) is 3.23. The second-order valence-electron chi connectivity index (χ2n) is 7.88. The van der Waals surface area contributed by atoms with Crippen LogP contribution in [0.1, 0.15) is 39.2 Å². The van der Waals surface area contributed by atoms with E-state index in [-0.39, 0.29) is 5.54 Å². The summed E-state index contributed by atoms with van der Waals surface area (Å²) >= 11 is 0. The van der Waals surface area contributed by atoms with Gasteiger partial charge in [-0.3, -0.25) is 11.1 Å².